The number of imide groups is 1. The number of fused-ring (bicyclic) bond motifs is 5. The molecule has 0 radical (unpaired) electrons. The second-order valence-corrected chi connectivity index (χ2v) is 9.87. The third-order valence-corrected chi connectivity index (χ3v) is 7.45. The summed E-state index contributed by atoms with van der Waals surface area (Å²) in [5.74, 6) is -3.04. The van der Waals surface area contributed by atoms with Gasteiger partial charge in [0.2, 0.25) is 17.7 Å². The van der Waals surface area contributed by atoms with Crippen LogP contribution in [0.1, 0.15) is 24.1 Å². The second kappa shape index (κ2) is 9.15. The van der Waals surface area contributed by atoms with Gasteiger partial charge in [-0.15, -0.1) is 0 Å². The van der Waals surface area contributed by atoms with Crippen LogP contribution in [-0.2, 0) is 19.2 Å². The summed E-state index contributed by atoms with van der Waals surface area (Å²) in [6.07, 6.45) is 3.70. The van der Waals surface area contributed by atoms with Crippen LogP contribution in [0.5, 0.6) is 5.75 Å². The standard InChI is InChI=1S/C29H22ClN3O5/c1-16(34)38-21-12-10-20(11-13-21)33-28(36)23-24(29(33)37)26(27(35)31-19-8-6-18(30)7-9-19)32-15-14-17-4-2-3-5-22(17)25(23)32/h2-15,23-26H,1H3,(H,31,35)/t23-,24+,25?,26-/m1/s1. The third-order valence-electron chi connectivity index (χ3n) is 7.20. The molecule has 0 aromatic heterocycles. The smallest absolute Gasteiger partial charge is 0.308 e. The molecule has 0 aliphatic carbocycles. The summed E-state index contributed by atoms with van der Waals surface area (Å²) in [5.41, 5.74) is 2.72. The van der Waals surface area contributed by atoms with Crippen molar-refractivity contribution in [1.29, 1.82) is 0 Å². The normalized spacial score (nSPS) is 23.1. The van der Waals surface area contributed by atoms with Gasteiger partial charge in [0.15, 0.2) is 0 Å². The average Bonchev–Trinajstić information content (AvgIpc) is 3.38. The fraction of sp³-hybridized carbons (Fsp3) is 0.172. The first kappa shape index (κ1) is 23.9. The number of hydrogen-bond acceptors (Lipinski definition) is 6. The SMILES string of the molecule is CC(=O)Oc1ccc(N2C(=O)[C@H]3[C@@H](C2=O)C2c4ccccc4C=CN2[C@H]3C(=O)Nc2ccc(Cl)cc2)cc1. The molecule has 2 saturated heterocycles. The molecular formula is C29H22ClN3O5. The molecule has 3 aromatic carbocycles. The molecule has 3 heterocycles. The lowest BCUT2D eigenvalue weighted by molar-refractivity contribution is -0.132. The van der Waals surface area contributed by atoms with Crippen LogP contribution < -0.4 is 15.0 Å². The van der Waals surface area contributed by atoms with E-state index in [1.807, 2.05) is 35.2 Å². The van der Waals surface area contributed by atoms with Crippen molar-refractivity contribution < 1.29 is 23.9 Å². The summed E-state index contributed by atoms with van der Waals surface area (Å²) in [4.78, 5) is 55.8. The molecule has 0 spiro atoms. The van der Waals surface area contributed by atoms with Crippen molar-refractivity contribution in [3.05, 3.63) is 95.1 Å². The highest BCUT2D eigenvalue weighted by atomic mass is 35.5. The number of esters is 1. The summed E-state index contributed by atoms with van der Waals surface area (Å²) < 4.78 is 5.08. The summed E-state index contributed by atoms with van der Waals surface area (Å²) in [7, 11) is 0. The van der Waals surface area contributed by atoms with Crippen LogP contribution in [0.3, 0.4) is 0 Å². The van der Waals surface area contributed by atoms with Crippen molar-refractivity contribution in [2.75, 3.05) is 10.2 Å². The quantitative estimate of drug-likeness (QED) is 0.306. The molecule has 0 bridgehead atoms. The number of anilines is 2. The monoisotopic (exact) mass is 527 g/mol. The molecule has 38 heavy (non-hydrogen) atoms. The van der Waals surface area contributed by atoms with Gasteiger partial charge in [0, 0.05) is 23.8 Å². The number of nitrogens with one attached hydrogen (secondary N) is 1. The van der Waals surface area contributed by atoms with Gasteiger partial charge in [0.1, 0.15) is 11.8 Å². The molecule has 4 atom stereocenters. The van der Waals surface area contributed by atoms with E-state index < -0.39 is 35.8 Å². The number of rotatable bonds is 4. The maximum absolute atomic E-state index is 13.9. The Kier molecular flexibility index (Phi) is 5.76. The zero-order valence-electron chi connectivity index (χ0n) is 20.2. The number of ether oxygens (including phenoxy) is 1. The van der Waals surface area contributed by atoms with Crippen molar-refractivity contribution >= 4 is 52.7 Å². The predicted octanol–water partition coefficient (Wildman–Crippen LogP) is 4.42. The highest BCUT2D eigenvalue weighted by Crippen LogP contribution is 2.53. The number of benzene rings is 3. The highest BCUT2D eigenvalue weighted by Gasteiger charge is 2.64. The fourth-order valence-electron chi connectivity index (χ4n) is 5.69. The Morgan fingerprint density at radius 1 is 0.895 bits per heavy atom. The number of halogens is 1. The molecule has 190 valence electrons. The molecule has 0 saturated carbocycles. The third kappa shape index (κ3) is 3.85. The van der Waals surface area contributed by atoms with E-state index in [0.717, 1.165) is 16.0 Å². The minimum Gasteiger partial charge on any atom is -0.427 e. The van der Waals surface area contributed by atoms with Gasteiger partial charge in [-0.05, 0) is 65.7 Å². The van der Waals surface area contributed by atoms with Crippen LogP contribution in [0.25, 0.3) is 6.08 Å². The van der Waals surface area contributed by atoms with Gasteiger partial charge in [0.25, 0.3) is 0 Å². The lowest BCUT2D eigenvalue weighted by Gasteiger charge is -2.35. The molecule has 9 heteroatoms. The van der Waals surface area contributed by atoms with Crippen LogP contribution in [0, 0.1) is 11.8 Å². The minimum atomic E-state index is -0.910. The largest absolute Gasteiger partial charge is 0.427 e. The van der Waals surface area contributed by atoms with E-state index in [1.54, 1.807) is 42.6 Å². The van der Waals surface area contributed by atoms with Gasteiger partial charge in [-0.2, -0.15) is 0 Å². The first-order valence-corrected chi connectivity index (χ1v) is 12.5. The van der Waals surface area contributed by atoms with E-state index in [0.29, 0.717) is 22.1 Å². The maximum Gasteiger partial charge on any atom is 0.308 e. The van der Waals surface area contributed by atoms with Crippen molar-refractivity contribution in [1.82, 2.24) is 4.90 Å². The van der Waals surface area contributed by atoms with Gasteiger partial charge in [-0.25, -0.2) is 4.90 Å². The van der Waals surface area contributed by atoms with Gasteiger partial charge >= 0.3 is 5.97 Å². The van der Waals surface area contributed by atoms with Crippen molar-refractivity contribution in [2.45, 2.75) is 19.0 Å². The molecule has 2 fully saturated rings. The Labute approximate surface area is 223 Å². The fourth-order valence-corrected chi connectivity index (χ4v) is 5.82. The Morgan fingerprint density at radius 3 is 2.29 bits per heavy atom. The van der Waals surface area contributed by atoms with Crippen molar-refractivity contribution in [3.63, 3.8) is 0 Å². The van der Waals surface area contributed by atoms with Crippen molar-refractivity contribution in [2.24, 2.45) is 11.8 Å². The summed E-state index contributed by atoms with van der Waals surface area (Å²) in [6.45, 7) is 1.29. The molecule has 3 amide bonds. The second-order valence-electron chi connectivity index (χ2n) is 9.43. The zero-order valence-corrected chi connectivity index (χ0v) is 21.0. The van der Waals surface area contributed by atoms with E-state index in [2.05, 4.69) is 5.32 Å². The van der Waals surface area contributed by atoms with Crippen LogP contribution in [0.4, 0.5) is 11.4 Å². The molecule has 1 N–H and O–H groups in total. The molecule has 8 nitrogen and oxygen atoms in total. The van der Waals surface area contributed by atoms with E-state index in [9.17, 15) is 19.2 Å². The van der Waals surface area contributed by atoms with Crippen LogP contribution in [0.2, 0.25) is 5.02 Å². The van der Waals surface area contributed by atoms with E-state index in [4.69, 9.17) is 16.3 Å². The van der Waals surface area contributed by atoms with Gasteiger partial charge in [0.05, 0.1) is 23.6 Å². The number of amides is 3. The predicted molar refractivity (Wildman–Crippen MR) is 141 cm³/mol. The Morgan fingerprint density at radius 2 is 1.58 bits per heavy atom. The zero-order chi connectivity index (χ0) is 26.6. The van der Waals surface area contributed by atoms with Crippen LogP contribution in [0.15, 0.2) is 79.0 Å². The van der Waals surface area contributed by atoms with Gasteiger partial charge < -0.3 is 15.0 Å². The summed E-state index contributed by atoms with van der Waals surface area (Å²) >= 11 is 5.99. The Hall–Kier alpha value is -4.43. The Bertz CT molecular complexity index is 1500. The average molecular weight is 528 g/mol. The Balaban J connectivity index is 1.39. The van der Waals surface area contributed by atoms with Crippen LogP contribution in [-0.4, -0.2) is 34.6 Å². The number of carbonyl (C=O) groups is 4. The van der Waals surface area contributed by atoms with E-state index in [1.165, 1.54) is 19.1 Å². The molecular weight excluding hydrogens is 506 g/mol. The van der Waals surface area contributed by atoms with E-state index in [-0.39, 0.29) is 11.8 Å². The lowest BCUT2D eigenvalue weighted by Crippen LogP contribution is -2.46. The van der Waals surface area contributed by atoms with E-state index >= 15 is 0 Å². The topological polar surface area (TPSA) is 96.0 Å². The highest BCUT2D eigenvalue weighted by molar-refractivity contribution is 6.30. The maximum atomic E-state index is 13.9. The summed E-state index contributed by atoms with van der Waals surface area (Å²) in [6, 6.07) is 19.2. The first-order chi connectivity index (χ1) is 18.3. The first-order valence-electron chi connectivity index (χ1n) is 12.1. The van der Waals surface area contributed by atoms with Crippen LogP contribution >= 0.6 is 11.6 Å². The lowest BCUT2D eigenvalue weighted by atomic mass is 9.84. The molecule has 3 aromatic rings. The molecule has 3 aliphatic heterocycles. The summed E-state index contributed by atoms with van der Waals surface area (Å²) in [5, 5.41) is 3.43. The van der Waals surface area contributed by atoms with Gasteiger partial charge in [-0.1, -0.05) is 35.9 Å². The molecule has 1 unspecified atom stereocenters. The van der Waals surface area contributed by atoms with Crippen molar-refractivity contribution in [3.8, 4) is 5.75 Å². The number of carbonyl (C=O) groups excluding carboxylic acids is 4. The molecule has 3 aliphatic rings. The van der Waals surface area contributed by atoms with Gasteiger partial charge in [-0.3, -0.25) is 19.2 Å². The minimum absolute atomic E-state index is 0.304. The number of hydrogen-bond donors (Lipinski definition) is 1. The number of nitrogens with zero attached hydrogens (tertiary/aromatic N) is 2. The molecule has 6 rings (SSSR count).